The van der Waals surface area contributed by atoms with Crippen LogP contribution in [-0.4, -0.2) is 10.8 Å². The third-order valence-electron chi connectivity index (χ3n) is 0.763. The van der Waals surface area contributed by atoms with E-state index in [2.05, 4.69) is 11.6 Å². The van der Waals surface area contributed by atoms with Crippen molar-refractivity contribution in [1.29, 1.82) is 0 Å². The summed E-state index contributed by atoms with van der Waals surface area (Å²) in [6.45, 7) is 9.70. The number of nitrogens with zero attached hydrogens (tertiary/aromatic N) is 1. The number of hydrogen-bond donors (Lipinski definition) is 0. The highest BCUT2D eigenvalue weighted by Gasteiger charge is 2.02. The van der Waals surface area contributed by atoms with E-state index in [1.165, 1.54) is 0 Å². The van der Waals surface area contributed by atoms with Crippen LogP contribution in [0.4, 0.5) is 0 Å². The fourth-order valence-corrected chi connectivity index (χ4v) is 1.11. The summed E-state index contributed by atoms with van der Waals surface area (Å²) in [6.07, 6.45) is 0. The fraction of sp³-hybridized carbons (Fsp3) is 0.571. The monoisotopic (exact) mass is 143 g/mol. The Morgan fingerprint density at radius 2 is 2.11 bits per heavy atom. The predicted octanol–water partition coefficient (Wildman–Crippen LogP) is 2.69. The van der Waals surface area contributed by atoms with Crippen LogP contribution in [-0.2, 0) is 0 Å². The lowest BCUT2D eigenvalue weighted by Crippen LogP contribution is -1.69. The largest absolute Gasteiger partial charge is 0.251 e. The molecule has 0 atom stereocenters. The smallest absolute Gasteiger partial charge is 0.0707 e. The first-order chi connectivity index (χ1) is 4.29. The van der Waals surface area contributed by atoms with Crippen LogP contribution in [0.2, 0.25) is 0 Å². The molecule has 0 aromatic heterocycles. The lowest BCUT2D eigenvalue weighted by Gasteiger charge is -1.77. The number of hydrogen-bond acceptors (Lipinski definition) is 2. The molecule has 0 N–H and O–H groups in total. The van der Waals surface area contributed by atoms with Crippen LogP contribution in [0.3, 0.4) is 0 Å². The van der Waals surface area contributed by atoms with Gasteiger partial charge in [0, 0.05) is 11.4 Å². The minimum Gasteiger partial charge on any atom is -0.251 e. The molecular weight excluding hydrogens is 130 g/mol. The first-order valence-corrected chi connectivity index (χ1v) is 4.13. The van der Waals surface area contributed by atoms with Crippen molar-refractivity contribution in [3.8, 4) is 0 Å². The van der Waals surface area contributed by atoms with Crippen LogP contribution < -0.4 is 0 Å². The lowest BCUT2D eigenvalue weighted by molar-refractivity contribution is 1.37. The van der Waals surface area contributed by atoms with Gasteiger partial charge in [0.1, 0.15) is 0 Å². The van der Waals surface area contributed by atoms with Gasteiger partial charge >= 0.3 is 0 Å². The van der Waals surface area contributed by atoms with Gasteiger partial charge in [0.25, 0.3) is 0 Å². The van der Waals surface area contributed by atoms with Crippen molar-refractivity contribution in [3.63, 3.8) is 0 Å². The SMILES string of the molecule is C=C1CSC(C)=N1.CC. The molecule has 9 heavy (non-hydrogen) atoms. The van der Waals surface area contributed by atoms with E-state index in [1.54, 1.807) is 11.8 Å². The maximum atomic E-state index is 4.07. The summed E-state index contributed by atoms with van der Waals surface area (Å²) in [7, 11) is 0. The van der Waals surface area contributed by atoms with Crippen molar-refractivity contribution in [2.75, 3.05) is 5.75 Å². The highest BCUT2D eigenvalue weighted by atomic mass is 32.2. The summed E-state index contributed by atoms with van der Waals surface area (Å²) in [5.74, 6) is 0.992. The Bertz CT molecular complexity index is 127. The van der Waals surface area contributed by atoms with Crippen molar-refractivity contribution in [2.24, 2.45) is 4.99 Å². The van der Waals surface area contributed by atoms with E-state index >= 15 is 0 Å². The topological polar surface area (TPSA) is 12.4 Å². The highest BCUT2D eigenvalue weighted by molar-refractivity contribution is 8.14. The second kappa shape index (κ2) is 4.62. The first kappa shape index (κ1) is 8.76. The van der Waals surface area contributed by atoms with Gasteiger partial charge < -0.3 is 0 Å². The van der Waals surface area contributed by atoms with E-state index in [0.29, 0.717) is 0 Å². The number of rotatable bonds is 0. The van der Waals surface area contributed by atoms with Crippen molar-refractivity contribution in [2.45, 2.75) is 20.8 Å². The minimum atomic E-state index is 0.992. The Labute approximate surface area is 61.3 Å². The summed E-state index contributed by atoms with van der Waals surface area (Å²) >= 11 is 1.76. The van der Waals surface area contributed by atoms with Gasteiger partial charge in [-0.2, -0.15) is 0 Å². The number of thioether (sulfide) groups is 1. The van der Waals surface area contributed by atoms with Gasteiger partial charge in [-0.3, -0.25) is 4.99 Å². The van der Waals surface area contributed by atoms with Crippen molar-refractivity contribution in [1.82, 2.24) is 0 Å². The van der Waals surface area contributed by atoms with Gasteiger partial charge in [-0.1, -0.05) is 20.4 Å². The van der Waals surface area contributed by atoms with Gasteiger partial charge in [-0.25, -0.2) is 0 Å². The van der Waals surface area contributed by atoms with Gasteiger partial charge in [-0.05, 0) is 6.92 Å². The third kappa shape index (κ3) is 3.36. The zero-order chi connectivity index (χ0) is 7.28. The van der Waals surface area contributed by atoms with Gasteiger partial charge in [0.15, 0.2) is 0 Å². The average molecular weight is 143 g/mol. The van der Waals surface area contributed by atoms with Crippen LogP contribution in [0.1, 0.15) is 20.8 Å². The fourth-order valence-electron chi connectivity index (χ4n) is 0.475. The molecule has 0 unspecified atom stereocenters. The second-order valence-corrected chi connectivity index (χ2v) is 2.65. The van der Waals surface area contributed by atoms with Crippen molar-refractivity contribution in [3.05, 3.63) is 12.3 Å². The molecule has 1 nitrogen and oxygen atoms in total. The summed E-state index contributed by atoms with van der Waals surface area (Å²) in [5, 5.41) is 1.14. The van der Waals surface area contributed by atoms with Gasteiger partial charge in [0.05, 0.1) is 5.04 Å². The molecule has 0 amide bonds. The van der Waals surface area contributed by atoms with Crippen LogP contribution >= 0.6 is 11.8 Å². The molecule has 1 aliphatic rings. The first-order valence-electron chi connectivity index (χ1n) is 3.15. The molecule has 2 heteroatoms. The maximum Gasteiger partial charge on any atom is 0.0707 e. The van der Waals surface area contributed by atoms with Crippen LogP contribution in [0.25, 0.3) is 0 Å². The molecule has 0 fully saturated rings. The Morgan fingerprint density at radius 3 is 2.22 bits per heavy atom. The van der Waals surface area contributed by atoms with E-state index in [9.17, 15) is 0 Å². The Kier molecular flexibility index (Phi) is 4.50. The zero-order valence-corrected chi connectivity index (χ0v) is 7.09. The van der Waals surface area contributed by atoms with E-state index in [4.69, 9.17) is 0 Å². The molecule has 0 aliphatic carbocycles. The molecule has 0 radical (unpaired) electrons. The van der Waals surface area contributed by atoms with Crippen LogP contribution in [0.5, 0.6) is 0 Å². The molecule has 1 heterocycles. The van der Waals surface area contributed by atoms with Crippen molar-refractivity contribution >= 4 is 16.8 Å². The molecule has 0 spiro atoms. The van der Waals surface area contributed by atoms with Crippen molar-refractivity contribution < 1.29 is 0 Å². The molecular formula is C7H13NS. The van der Waals surface area contributed by atoms with E-state index in [1.807, 2.05) is 20.8 Å². The lowest BCUT2D eigenvalue weighted by atomic mass is 10.6. The quantitative estimate of drug-likeness (QED) is 0.508. The normalized spacial score (nSPS) is 16.3. The molecule has 0 saturated carbocycles. The second-order valence-electron chi connectivity index (χ2n) is 1.49. The minimum absolute atomic E-state index is 0.992. The van der Waals surface area contributed by atoms with Crippen LogP contribution in [0.15, 0.2) is 17.3 Å². The molecule has 1 rings (SSSR count). The average Bonchev–Trinajstić information content (AvgIpc) is 2.20. The van der Waals surface area contributed by atoms with E-state index in [-0.39, 0.29) is 0 Å². The highest BCUT2D eigenvalue weighted by Crippen LogP contribution is 2.17. The molecule has 0 bridgehead atoms. The molecule has 0 aromatic carbocycles. The Hall–Kier alpha value is -0.240. The molecule has 1 aliphatic heterocycles. The summed E-state index contributed by atoms with van der Waals surface area (Å²) in [5.41, 5.74) is 1.00. The van der Waals surface area contributed by atoms with Crippen LogP contribution in [0, 0.1) is 0 Å². The molecule has 52 valence electrons. The van der Waals surface area contributed by atoms with Gasteiger partial charge in [0.2, 0.25) is 0 Å². The summed E-state index contributed by atoms with van der Waals surface area (Å²) in [6, 6.07) is 0. The Morgan fingerprint density at radius 1 is 1.56 bits per heavy atom. The summed E-state index contributed by atoms with van der Waals surface area (Å²) in [4.78, 5) is 4.07. The third-order valence-corrected chi connectivity index (χ3v) is 1.75. The number of aliphatic imine (C=N–C) groups is 1. The van der Waals surface area contributed by atoms with E-state index < -0.39 is 0 Å². The molecule has 0 saturated heterocycles. The zero-order valence-electron chi connectivity index (χ0n) is 6.27. The van der Waals surface area contributed by atoms with E-state index in [0.717, 1.165) is 16.5 Å². The summed E-state index contributed by atoms with van der Waals surface area (Å²) < 4.78 is 0. The molecule has 0 aromatic rings. The maximum absolute atomic E-state index is 4.07. The van der Waals surface area contributed by atoms with Gasteiger partial charge in [-0.15, -0.1) is 11.8 Å². The Balaban J connectivity index is 0.000000291. The predicted molar refractivity (Wildman–Crippen MR) is 46.1 cm³/mol. The standard InChI is InChI=1S/C5H7NS.C2H6/c1-4-3-7-5(2)6-4;1-2/h1,3H2,2H3;1-2H3.